The predicted octanol–water partition coefficient (Wildman–Crippen LogP) is 3.38. The molecule has 0 radical (unpaired) electrons. The molecule has 0 unspecified atom stereocenters. The average Bonchev–Trinajstić information content (AvgIpc) is 2.60. The minimum Gasteiger partial charge on any atom is -0.283 e. The Labute approximate surface area is 165 Å². The largest absolute Gasteiger partial charge is 0.283 e. The quantitative estimate of drug-likeness (QED) is 0.764. The second-order valence-electron chi connectivity index (χ2n) is 6.41. The van der Waals surface area contributed by atoms with Crippen LogP contribution in [0.3, 0.4) is 0 Å². The summed E-state index contributed by atoms with van der Waals surface area (Å²) in [5.41, 5.74) is 2.36. The first-order valence-electron chi connectivity index (χ1n) is 8.58. The molecular weight excluding hydrogens is 408 g/mol. The van der Waals surface area contributed by atoms with Crippen LogP contribution in [-0.2, 0) is 32.2 Å². The SMILES string of the molecule is CCS(=O)(=O)N1CCCc2ccc(NS(=O)(=O)Cc3cccc(Cl)c3)cc21. The van der Waals surface area contributed by atoms with Gasteiger partial charge in [0.05, 0.1) is 22.9 Å². The van der Waals surface area contributed by atoms with Crippen molar-refractivity contribution in [2.75, 3.05) is 21.3 Å². The van der Waals surface area contributed by atoms with E-state index in [1.54, 1.807) is 49.4 Å². The van der Waals surface area contributed by atoms with Crippen LogP contribution in [0.15, 0.2) is 42.5 Å². The molecule has 0 aromatic heterocycles. The zero-order chi connectivity index (χ0) is 19.7. The van der Waals surface area contributed by atoms with Crippen LogP contribution < -0.4 is 9.03 Å². The van der Waals surface area contributed by atoms with Gasteiger partial charge in [0.2, 0.25) is 20.0 Å². The molecule has 0 fully saturated rings. The molecule has 0 bridgehead atoms. The molecule has 1 aliphatic rings. The summed E-state index contributed by atoms with van der Waals surface area (Å²) in [6.45, 7) is 2.00. The molecular formula is C18H21ClN2O4S2. The number of rotatable bonds is 6. The predicted molar refractivity (Wildman–Crippen MR) is 109 cm³/mol. The van der Waals surface area contributed by atoms with Crippen LogP contribution in [0.1, 0.15) is 24.5 Å². The monoisotopic (exact) mass is 428 g/mol. The van der Waals surface area contributed by atoms with E-state index in [0.717, 1.165) is 18.4 Å². The number of hydrogen-bond donors (Lipinski definition) is 1. The van der Waals surface area contributed by atoms with Crippen LogP contribution in [0, 0.1) is 0 Å². The Hall–Kier alpha value is -1.77. The van der Waals surface area contributed by atoms with E-state index in [2.05, 4.69) is 4.72 Å². The van der Waals surface area contributed by atoms with Crippen molar-refractivity contribution in [3.63, 3.8) is 0 Å². The lowest BCUT2D eigenvalue weighted by Gasteiger charge is -2.30. The maximum Gasteiger partial charge on any atom is 0.236 e. The summed E-state index contributed by atoms with van der Waals surface area (Å²) in [5, 5.41) is 0.469. The van der Waals surface area contributed by atoms with E-state index in [-0.39, 0.29) is 11.5 Å². The van der Waals surface area contributed by atoms with Gasteiger partial charge in [-0.05, 0) is 55.2 Å². The van der Waals surface area contributed by atoms with Gasteiger partial charge in [-0.15, -0.1) is 0 Å². The maximum absolute atomic E-state index is 12.5. The Morgan fingerprint density at radius 2 is 1.89 bits per heavy atom. The van der Waals surface area contributed by atoms with E-state index in [1.807, 2.05) is 0 Å². The van der Waals surface area contributed by atoms with Crippen LogP contribution in [0.4, 0.5) is 11.4 Å². The molecule has 0 atom stereocenters. The molecule has 2 aromatic carbocycles. The van der Waals surface area contributed by atoms with Crippen LogP contribution in [-0.4, -0.2) is 29.1 Å². The number of anilines is 2. The Balaban J connectivity index is 1.87. The van der Waals surface area contributed by atoms with Crippen molar-refractivity contribution < 1.29 is 16.8 Å². The Morgan fingerprint density at radius 3 is 2.59 bits per heavy atom. The highest BCUT2D eigenvalue weighted by Crippen LogP contribution is 2.32. The molecule has 2 aromatic rings. The molecule has 3 rings (SSSR count). The number of sulfonamides is 2. The zero-order valence-electron chi connectivity index (χ0n) is 14.9. The topological polar surface area (TPSA) is 83.6 Å². The van der Waals surface area contributed by atoms with E-state index >= 15 is 0 Å². The summed E-state index contributed by atoms with van der Waals surface area (Å²) in [5.74, 6) is -0.223. The van der Waals surface area contributed by atoms with Crippen molar-refractivity contribution in [3.8, 4) is 0 Å². The Bertz CT molecular complexity index is 1050. The van der Waals surface area contributed by atoms with Crippen molar-refractivity contribution in [2.24, 2.45) is 0 Å². The Morgan fingerprint density at radius 1 is 1.11 bits per heavy atom. The molecule has 0 spiro atoms. The fraction of sp³-hybridized carbons (Fsp3) is 0.333. The maximum atomic E-state index is 12.5. The van der Waals surface area contributed by atoms with E-state index < -0.39 is 20.0 Å². The van der Waals surface area contributed by atoms with Gasteiger partial charge in [-0.2, -0.15) is 0 Å². The van der Waals surface area contributed by atoms with Gasteiger partial charge in [0.15, 0.2) is 0 Å². The highest BCUT2D eigenvalue weighted by Gasteiger charge is 2.26. The summed E-state index contributed by atoms with van der Waals surface area (Å²) in [7, 11) is -7.07. The number of nitrogens with one attached hydrogen (secondary N) is 1. The first-order valence-corrected chi connectivity index (χ1v) is 12.2. The molecule has 6 nitrogen and oxygen atoms in total. The van der Waals surface area contributed by atoms with Crippen LogP contribution >= 0.6 is 11.6 Å². The molecule has 0 aliphatic carbocycles. The molecule has 1 heterocycles. The fourth-order valence-corrected chi connectivity index (χ4v) is 5.69. The summed E-state index contributed by atoms with van der Waals surface area (Å²) in [4.78, 5) is 0. The number of halogens is 1. The van der Waals surface area contributed by atoms with Gasteiger partial charge in [0.1, 0.15) is 0 Å². The summed E-state index contributed by atoms with van der Waals surface area (Å²) in [6, 6.07) is 11.7. The lowest BCUT2D eigenvalue weighted by molar-refractivity contribution is 0.587. The van der Waals surface area contributed by atoms with Crippen LogP contribution in [0.25, 0.3) is 0 Å². The standard InChI is InChI=1S/C18H21ClN2O4S2/c1-2-27(24,25)21-10-4-6-15-8-9-17(12-18(15)21)20-26(22,23)13-14-5-3-7-16(19)11-14/h3,5,7-9,11-12,20H,2,4,6,10,13H2,1H3. The molecule has 0 saturated heterocycles. The van der Waals surface area contributed by atoms with Crippen LogP contribution in [0.2, 0.25) is 5.02 Å². The van der Waals surface area contributed by atoms with Gasteiger partial charge in [-0.3, -0.25) is 9.03 Å². The third kappa shape index (κ3) is 4.75. The van der Waals surface area contributed by atoms with Gasteiger partial charge in [0.25, 0.3) is 0 Å². The summed E-state index contributed by atoms with van der Waals surface area (Å²) >= 11 is 5.91. The first kappa shape index (κ1) is 20.0. The molecule has 146 valence electrons. The molecule has 0 amide bonds. The lowest BCUT2D eigenvalue weighted by Crippen LogP contribution is -2.36. The minimum atomic E-state index is -3.67. The number of benzene rings is 2. The van der Waals surface area contributed by atoms with Gasteiger partial charge < -0.3 is 0 Å². The average molecular weight is 429 g/mol. The molecule has 27 heavy (non-hydrogen) atoms. The Kier molecular flexibility index (Phi) is 5.69. The number of hydrogen-bond acceptors (Lipinski definition) is 4. The van der Waals surface area contributed by atoms with Gasteiger partial charge >= 0.3 is 0 Å². The van der Waals surface area contributed by atoms with Gasteiger partial charge in [-0.25, -0.2) is 16.8 Å². The zero-order valence-corrected chi connectivity index (χ0v) is 17.2. The minimum absolute atomic E-state index is 0.00282. The molecule has 1 N–H and O–H groups in total. The van der Waals surface area contributed by atoms with E-state index in [0.29, 0.717) is 28.5 Å². The van der Waals surface area contributed by atoms with Crippen molar-refractivity contribution in [3.05, 3.63) is 58.6 Å². The van der Waals surface area contributed by atoms with Crippen molar-refractivity contribution in [2.45, 2.75) is 25.5 Å². The molecule has 1 aliphatic heterocycles. The number of nitrogens with zero attached hydrogens (tertiary/aromatic N) is 1. The normalized spacial score (nSPS) is 14.7. The number of aryl methyl sites for hydroxylation is 1. The highest BCUT2D eigenvalue weighted by molar-refractivity contribution is 7.92. The third-order valence-corrected chi connectivity index (χ3v) is 7.66. The number of fused-ring (bicyclic) bond motifs is 1. The lowest BCUT2D eigenvalue weighted by atomic mass is 10.0. The first-order chi connectivity index (χ1) is 12.7. The van der Waals surface area contributed by atoms with Gasteiger partial charge in [0, 0.05) is 11.6 Å². The van der Waals surface area contributed by atoms with E-state index in [4.69, 9.17) is 11.6 Å². The van der Waals surface area contributed by atoms with Gasteiger partial charge in [-0.1, -0.05) is 29.8 Å². The van der Waals surface area contributed by atoms with Crippen molar-refractivity contribution in [1.82, 2.24) is 0 Å². The highest BCUT2D eigenvalue weighted by atomic mass is 35.5. The fourth-order valence-electron chi connectivity index (χ4n) is 3.11. The second-order valence-corrected chi connectivity index (χ2v) is 10.8. The van der Waals surface area contributed by atoms with Crippen LogP contribution in [0.5, 0.6) is 0 Å². The van der Waals surface area contributed by atoms with Crippen molar-refractivity contribution in [1.29, 1.82) is 0 Å². The second kappa shape index (κ2) is 7.69. The molecule has 0 saturated carbocycles. The third-order valence-electron chi connectivity index (χ3n) is 4.38. The van der Waals surface area contributed by atoms with E-state index in [9.17, 15) is 16.8 Å². The summed E-state index contributed by atoms with van der Waals surface area (Å²) in [6.07, 6.45) is 1.51. The van der Waals surface area contributed by atoms with E-state index in [1.165, 1.54) is 4.31 Å². The molecule has 9 heteroatoms. The smallest absolute Gasteiger partial charge is 0.236 e. The van der Waals surface area contributed by atoms with Crippen molar-refractivity contribution >= 4 is 43.0 Å². The summed E-state index contributed by atoms with van der Waals surface area (Å²) < 4.78 is 53.6.